The van der Waals surface area contributed by atoms with Crippen LogP contribution in [-0.2, 0) is 9.53 Å². The first-order chi connectivity index (χ1) is 6.29. The van der Waals surface area contributed by atoms with Gasteiger partial charge in [-0.05, 0) is 13.0 Å². The maximum absolute atomic E-state index is 13.1. The number of hydrogen-bond acceptors (Lipinski definition) is 2. The molecule has 0 heterocycles. The van der Waals surface area contributed by atoms with E-state index < -0.39 is 11.9 Å². The third-order valence-corrected chi connectivity index (χ3v) is 1.63. The van der Waals surface area contributed by atoms with Crippen molar-refractivity contribution in [3.05, 3.63) is 35.6 Å². The number of benzene rings is 1. The van der Waals surface area contributed by atoms with Gasteiger partial charge in [0.25, 0.3) is 0 Å². The van der Waals surface area contributed by atoms with Crippen LogP contribution in [0.15, 0.2) is 24.3 Å². The van der Waals surface area contributed by atoms with Gasteiger partial charge in [-0.2, -0.15) is 0 Å². The molecule has 0 bridgehead atoms. The lowest BCUT2D eigenvalue weighted by Gasteiger charge is -2.09. The predicted molar refractivity (Wildman–Crippen MR) is 46.5 cm³/mol. The average Bonchev–Trinajstić information content (AvgIpc) is 2.16. The summed E-state index contributed by atoms with van der Waals surface area (Å²) in [5.41, 5.74) is 0.236. The second-order valence-corrected chi connectivity index (χ2v) is 2.47. The summed E-state index contributed by atoms with van der Waals surface area (Å²) in [4.78, 5) is 10.4. The van der Waals surface area contributed by atoms with E-state index in [9.17, 15) is 9.18 Å². The van der Waals surface area contributed by atoms with Crippen LogP contribution in [0.5, 0.6) is 0 Å². The van der Waals surface area contributed by atoms with Gasteiger partial charge in [-0.25, -0.2) is 4.39 Å². The molecule has 1 rings (SSSR count). The molecule has 0 saturated carbocycles. The number of rotatable bonds is 4. The number of halogens is 1. The zero-order chi connectivity index (χ0) is 9.68. The minimum absolute atomic E-state index is 0.236. The Balaban J connectivity index is 2.90. The van der Waals surface area contributed by atoms with Crippen molar-refractivity contribution in [1.82, 2.24) is 0 Å². The van der Waals surface area contributed by atoms with Gasteiger partial charge in [-0.3, -0.25) is 4.79 Å². The summed E-state index contributed by atoms with van der Waals surface area (Å²) in [6.45, 7) is 2.10. The first-order valence-electron chi connectivity index (χ1n) is 4.03. The third kappa shape index (κ3) is 2.36. The van der Waals surface area contributed by atoms with Crippen LogP contribution in [0.4, 0.5) is 4.39 Å². The van der Waals surface area contributed by atoms with Gasteiger partial charge in [0, 0.05) is 12.2 Å². The highest BCUT2D eigenvalue weighted by molar-refractivity contribution is 5.60. The molecule has 1 radical (unpaired) electrons. The van der Waals surface area contributed by atoms with Gasteiger partial charge in [0.2, 0.25) is 6.29 Å². The number of ether oxygens (including phenoxy) is 1. The topological polar surface area (TPSA) is 26.3 Å². The van der Waals surface area contributed by atoms with Crippen LogP contribution in [0.2, 0.25) is 0 Å². The van der Waals surface area contributed by atoms with Crippen LogP contribution >= 0.6 is 0 Å². The molecule has 0 N–H and O–H groups in total. The molecule has 0 aliphatic heterocycles. The lowest BCUT2D eigenvalue weighted by Crippen LogP contribution is -2.07. The predicted octanol–water partition coefficient (Wildman–Crippen LogP) is 2.01. The molecular weight excluding hydrogens is 171 g/mol. The van der Waals surface area contributed by atoms with Crippen LogP contribution in [0.1, 0.15) is 18.6 Å². The summed E-state index contributed by atoms with van der Waals surface area (Å²) in [6, 6.07) is 6.02. The molecule has 0 unspecified atom stereocenters. The maximum Gasteiger partial charge on any atom is 0.234 e. The summed E-state index contributed by atoms with van der Waals surface area (Å²) in [5.74, 6) is -0.440. The molecule has 0 aromatic heterocycles. The smallest absolute Gasteiger partial charge is 0.234 e. The largest absolute Gasteiger partial charge is 0.365 e. The summed E-state index contributed by atoms with van der Waals surface area (Å²) in [5, 5.41) is 0. The van der Waals surface area contributed by atoms with Crippen molar-refractivity contribution in [1.29, 1.82) is 0 Å². The third-order valence-electron chi connectivity index (χ3n) is 1.63. The molecule has 1 aromatic rings. The summed E-state index contributed by atoms with van der Waals surface area (Å²) in [6.07, 6.45) is 0.737. The average molecular weight is 181 g/mol. The van der Waals surface area contributed by atoms with Gasteiger partial charge in [0.15, 0.2) is 6.10 Å². The molecule has 2 nitrogen and oxygen atoms in total. The zero-order valence-corrected chi connectivity index (χ0v) is 7.29. The van der Waals surface area contributed by atoms with Gasteiger partial charge in [-0.15, -0.1) is 0 Å². The lowest BCUT2D eigenvalue weighted by atomic mass is 10.1. The number of carbonyl (C=O) groups excluding carboxylic acids is 1. The van der Waals surface area contributed by atoms with Crippen LogP contribution in [0.3, 0.4) is 0 Å². The Kier molecular flexibility index (Phi) is 3.58. The van der Waals surface area contributed by atoms with Crippen LogP contribution < -0.4 is 0 Å². The van der Waals surface area contributed by atoms with E-state index in [1.165, 1.54) is 12.1 Å². The Morgan fingerprint density at radius 1 is 1.54 bits per heavy atom. The normalized spacial score (nSPS) is 12.5. The monoisotopic (exact) mass is 181 g/mol. The highest BCUT2D eigenvalue weighted by Gasteiger charge is 2.14. The van der Waals surface area contributed by atoms with Gasteiger partial charge in [0.1, 0.15) is 5.82 Å². The van der Waals surface area contributed by atoms with Crippen molar-refractivity contribution in [2.75, 3.05) is 6.61 Å². The fraction of sp³-hybridized carbons (Fsp3) is 0.300. The van der Waals surface area contributed by atoms with Crippen molar-refractivity contribution in [2.45, 2.75) is 13.0 Å². The van der Waals surface area contributed by atoms with E-state index in [1.807, 2.05) is 0 Å². The molecule has 1 atom stereocenters. The van der Waals surface area contributed by atoms with Crippen LogP contribution in [-0.4, -0.2) is 12.9 Å². The van der Waals surface area contributed by atoms with E-state index in [0.29, 0.717) is 6.61 Å². The fourth-order valence-corrected chi connectivity index (χ4v) is 1.04. The fourth-order valence-electron chi connectivity index (χ4n) is 1.04. The van der Waals surface area contributed by atoms with E-state index in [-0.39, 0.29) is 5.56 Å². The molecule has 69 valence electrons. The zero-order valence-electron chi connectivity index (χ0n) is 7.29. The quantitative estimate of drug-likeness (QED) is 0.710. The molecule has 0 spiro atoms. The Morgan fingerprint density at radius 3 is 2.77 bits per heavy atom. The molecule has 0 aliphatic rings. The van der Waals surface area contributed by atoms with E-state index in [2.05, 4.69) is 0 Å². The molecule has 0 fully saturated rings. The van der Waals surface area contributed by atoms with Crippen molar-refractivity contribution in [3.8, 4) is 0 Å². The SMILES string of the molecule is CCO[C@H]([C]=O)c1ccccc1F. The van der Waals surface area contributed by atoms with E-state index in [4.69, 9.17) is 4.74 Å². The minimum Gasteiger partial charge on any atom is -0.365 e. The van der Waals surface area contributed by atoms with Gasteiger partial charge in [-0.1, -0.05) is 18.2 Å². The van der Waals surface area contributed by atoms with Crippen molar-refractivity contribution >= 4 is 6.29 Å². The second kappa shape index (κ2) is 4.72. The van der Waals surface area contributed by atoms with Gasteiger partial charge in [0.05, 0.1) is 0 Å². The first-order valence-corrected chi connectivity index (χ1v) is 4.03. The standard InChI is InChI=1S/C10H10FO2/c1-2-13-10(7-12)8-5-3-4-6-9(8)11/h3-6,10H,2H2,1H3/t10-/m1/s1. The molecule has 13 heavy (non-hydrogen) atoms. The summed E-state index contributed by atoms with van der Waals surface area (Å²) in [7, 11) is 0. The molecule has 1 aromatic carbocycles. The van der Waals surface area contributed by atoms with Gasteiger partial charge < -0.3 is 4.74 Å². The van der Waals surface area contributed by atoms with E-state index in [0.717, 1.165) is 0 Å². The van der Waals surface area contributed by atoms with Crippen LogP contribution in [0.25, 0.3) is 0 Å². The molecule has 3 heteroatoms. The van der Waals surface area contributed by atoms with Crippen molar-refractivity contribution < 1.29 is 13.9 Å². The van der Waals surface area contributed by atoms with Crippen molar-refractivity contribution in [3.63, 3.8) is 0 Å². The van der Waals surface area contributed by atoms with Gasteiger partial charge >= 0.3 is 0 Å². The molecule has 0 saturated heterocycles. The second-order valence-electron chi connectivity index (χ2n) is 2.47. The summed E-state index contributed by atoms with van der Waals surface area (Å²) < 4.78 is 18.1. The minimum atomic E-state index is -0.911. The highest BCUT2D eigenvalue weighted by atomic mass is 19.1. The first kappa shape index (κ1) is 9.86. The van der Waals surface area contributed by atoms with E-state index in [1.54, 1.807) is 25.3 Å². The summed E-state index contributed by atoms with van der Waals surface area (Å²) >= 11 is 0. The maximum atomic E-state index is 13.1. The Morgan fingerprint density at radius 2 is 2.23 bits per heavy atom. The highest BCUT2D eigenvalue weighted by Crippen LogP contribution is 2.17. The Labute approximate surface area is 76.3 Å². The number of hydrogen-bond donors (Lipinski definition) is 0. The Bertz CT molecular complexity index is 286. The molecule has 0 amide bonds. The Hall–Kier alpha value is -1.22. The lowest BCUT2D eigenvalue weighted by molar-refractivity contribution is 0.105. The van der Waals surface area contributed by atoms with E-state index >= 15 is 0 Å². The van der Waals surface area contributed by atoms with Crippen LogP contribution in [0, 0.1) is 5.82 Å². The molecule has 0 aliphatic carbocycles. The molecular formula is C10H10FO2. The van der Waals surface area contributed by atoms with Crippen molar-refractivity contribution in [2.24, 2.45) is 0 Å².